The van der Waals surface area contributed by atoms with Gasteiger partial charge >= 0.3 is 0 Å². The minimum absolute atomic E-state index is 0.00357. The Kier molecular flexibility index (Phi) is 3.56. The van der Waals surface area contributed by atoms with E-state index in [-0.39, 0.29) is 17.6 Å². The zero-order valence-corrected chi connectivity index (χ0v) is 13.7. The van der Waals surface area contributed by atoms with Crippen molar-refractivity contribution in [2.75, 3.05) is 17.7 Å². The van der Waals surface area contributed by atoms with E-state index in [0.717, 1.165) is 18.5 Å². The molecule has 2 N–H and O–H groups in total. The zero-order valence-electron chi connectivity index (χ0n) is 13.7. The Morgan fingerprint density at radius 1 is 1.24 bits per heavy atom. The average Bonchev–Trinajstić information content (AvgIpc) is 3.46. The molecular formula is C18H18N4O3. The summed E-state index contributed by atoms with van der Waals surface area (Å²) >= 11 is 0. The highest BCUT2D eigenvalue weighted by Gasteiger charge is 2.42. The summed E-state index contributed by atoms with van der Waals surface area (Å²) in [6, 6.07) is 12.6. The number of fused-ring (bicyclic) bond motifs is 1. The average molecular weight is 338 g/mol. The highest BCUT2D eigenvalue weighted by Crippen LogP contribution is 2.41. The number of carbonyl (C=O) groups is 1. The van der Waals surface area contributed by atoms with E-state index < -0.39 is 11.1 Å². The number of para-hydroxylation sites is 1. The first-order valence-electron chi connectivity index (χ1n) is 8.24. The second-order valence-electron chi connectivity index (χ2n) is 6.32. The topological polar surface area (TPSA) is 87.5 Å². The summed E-state index contributed by atoms with van der Waals surface area (Å²) in [6.07, 6.45) is 1.52. The van der Waals surface area contributed by atoms with Crippen molar-refractivity contribution >= 4 is 23.0 Å². The summed E-state index contributed by atoms with van der Waals surface area (Å²) in [5.41, 5.74) is 2.57. The molecule has 0 aromatic heterocycles. The van der Waals surface area contributed by atoms with Gasteiger partial charge in [-0.05, 0) is 31.0 Å². The number of nitro groups is 1. The van der Waals surface area contributed by atoms with Crippen molar-refractivity contribution < 1.29 is 9.72 Å². The summed E-state index contributed by atoms with van der Waals surface area (Å²) in [7, 11) is 1.65. The van der Waals surface area contributed by atoms with Gasteiger partial charge in [-0.25, -0.2) is 0 Å². The second-order valence-corrected chi connectivity index (χ2v) is 6.32. The second kappa shape index (κ2) is 5.77. The van der Waals surface area contributed by atoms with Crippen LogP contribution in [0, 0.1) is 10.1 Å². The van der Waals surface area contributed by atoms with E-state index >= 15 is 0 Å². The standard InChI is InChI=1S/C18H18N4O3/c1-19-15-9-6-11(10-16(15)22(24)25)17-20-14-5-3-2-4-13(14)18(23)21(17)12-7-8-12/h2-6,9-10,12,17,19-20H,7-8H2,1H3/t17-/m0/s1. The van der Waals surface area contributed by atoms with Crippen LogP contribution in [-0.2, 0) is 0 Å². The Morgan fingerprint density at radius 2 is 2.00 bits per heavy atom. The lowest BCUT2D eigenvalue weighted by Gasteiger charge is -2.38. The van der Waals surface area contributed by atoms with E-state index in [1.54, 1.807) is 19.2 Å². The third-order valence-corrected chi connectivity index (χ3v) is 4.71. The van der Waals surface area contributed by atoms with E-state index in [0.29, 0.717) is 16.8 Å². The molecule has 128 valence electrons. The van der Waals surface area contributed by atoms with Crippen LogP contribution in [0.1, 0.15) is 34.9 Å². The smallest absolute Gasteiger partial charge is 0.292 e. The SMILES string of the molecule is CNc1ccc([C@H]2Nc3ccccc3C(=O)N2C2CC2)cc1[N+](=O)[O-]. The van der Waals surface area contributed by atoms with Crippen molar-refractivity contribution in [2.45, 2.75) is 25.0 Å². The van der Waals surface area contributed by atoms with Crippen LogP contribution in [0.5, 0.6) is 0 Å². The van der Waals surface area contributed by atoms with E-state index in [9.17, 15) is 14.9 Å². The van der Waals surface area contributed by atoms with Crippen molar-refractivity contribution in [1.29, 1.82) is 0 Å². The van der Waals surface area contributed by atoms with Gasteiger partial charge in [0.1, 0.15) is 11.9 Å². The predicted molar refractivity (Wildman–Crippen MR) is 94.6 cm³/mol. The Labute approximate surface area is 144 Å². The van der Waals surface area contributed by atoms with Gasteiger partial charge in [0.15, 0.2) is 0 Å². The van der Waals surface area contributed by atoms with Gasteiger partial charge in [0.25, 0.3) is 11.6 Å². The van der Waals surface area contributed by atoms with Crippen molar-refractivity contribution in [3.63, 3.8) is 0 Å². The van der Waals surface area contributed by atoms with E-state index in [1.807, 2.05) is 35.2 Å². The van der Waals surface area contributed by atoms with Gasteiger partial charge in [-0.1, -0.05) is 18.2 Å². The van der Waals surface area contributed by atoms with Crippen molar-refractivity contribution in [3.05, 3.63) is 63.7 Å². The van der Waals surface area contributed by atoms with E-state index in [1.165, 1.54) is 0 Å². The Bertz CT molecular complexity index is 863. The van der Waals surface area contributed by atoms with Gasteiger partial charge in [0.2, 0.25) is 0 Å². The molecule has 1 heterocycles. The molecule has 0 bridgehead atoms. The Morgan fingerprint density at radius 3 is 2.68 bits per heavy atom. The molecule has 4 rings (SSSR count). The van der Waals surface area contributed by atoms with Crippen LogP contribution in [-0.4, -0.2) is 28.8 Å². The molecule has 1 aliphatic carbocycles. The first-order chi connectivity index (χ1) is 12.1. The molecular weight excluding hydrogens is 320 g/mol. The molecule has 0 saturated heterocycles. The highest BCUT2D eigenvalue weighted by atomic mass is 16.6. The van der Waals surface area contributed by atoms with Crippen LogP contribution in [0.15, 0.2) is 42.5 Å². The minimum atomic E-state index is -0.407. The first kappa shape index (κ1) is 15.4. The Hall–Kier alpha value is -3.09. The molecule has 0 radical (unpaired) electrons. The summed E-state index contributed by atoms with van der Waals surface area (Å²) in [5.74, 6) is -0.0257. The van der Waals surface area contributed by atoms with Crippen LogP contribution in [0.2, 0.25) is 0 Å². The minimum Gasteiger partial charge on any atom is -0.383 e. The summed E-state index contributed by atoms with van der Waals surface area (Å²) in [4.78, 5) is 25.7. The van der Waals surface area contributed by atoms with Crippen molar-refractivity contribution in [2.24, 2.45) is 0 Å². The lowest BCUT2D eigenvalue weighted by atomic mass is 10.0. The van der Waals surface area contributed by atoms with Crippen LogP contribution >= 0.6 is 0 Å². The number of nitrogens with one attached hydrogen (secondary N) is 2. The number of benzene rings is 2. The van der Waals surface area contributed by atoms with E-state index in [4.69, 9.17) is 0 Å². The number of amides is 1. The first-order valence-corrected chi connectivity index (χ1v) is 8.24. The third kappa shape index (κ3) is 2.57. The molecule has 7 heteroatoms. The van der Waals surface area contributed by atoms with Gasteiger partial charge in [-0.2, -0.15) is 0 Å². The van der Waals surface area contributed by atoms with Crippen molar-refractivity contribution in [3.8, 4) is 0 Å². The molecule has 1 amide bonds. The number of hydrogen-bond acceptors (Lipinski definition) is 5. The number of nitro benzene ring substituents is 1. The normalized spacial score (nSPS) is 19.2. The third-order valence-electron chi connectivity index (χ3n) is 4.71. The molecule has 0 spiro atoms. The van der Waals surface area contributed by atoms with Crippen LogP contribution in [0.4, 0.5) is 17.1 Å². The molecule has 7 nitrogen and oxygen atoms in total. The van der Waals surface area contributed by atoms with Crippen LogP contribution < -0.4 is 10.6 Å². The molecule has 0 unspecified atom stereocenters. The molecule has 2 aliphatic rings. The van der Waals surface area contributed by atoms with Crippen molar-refractivity contribution in [1.82, 2.24) is 4.90 Å². The fourth-order valence-electron chi connectivity index (χ4n) is 3.32. The van der Waals surface area contributed by atoms with Gasteiger partial charge < -0.3 is 15.5 Å². The lowest BCUT2D eigenvalue weighted by molar-refractivity contribution is -0.384. The van der Waals surface area contributed by atoms with Gasteiger partial charge in [-0.3, -0.25) is 14.9 Å². The van der Waals surface area contributed by atoms with E-state index in [2.05, 4.69) is 10.6 Å². The number of anilines is 2. The number of nitrogens with zero attached hydrogens (tertiary/aromatic N) is 2. The quantitative estimate of drug-likeness (QED) is 0.659. The summed E-state index contributed by atoms with van der Waals surface area (Å²) < 4.78 is 0. The largest absolute Gasteiger partial charge is 0.383 e. The maximum atomic E-state index is 13.0. The summed E-state index contributed by atoms with van der Waals surface area (Å²) in [5, 5.41) is 17.6. The Balaban J connectivity index is 1.80. The van der Waals surface area contributed by atoms with Gasteiger partial charge in [-0.15, -0.1) is 0 Å². The zero-order chi connectivity index (χ0) is 17.6. The fraction of sp³-hybridized carbons (Fsp3) is 0.278. The summed E-state index contributed by atoms with van der Waals surface area (Å²) in [6.45, 7) is 0. The highest BCUT2D eigenvalue weighted by molar-refractivity contribution is 6.02. The van der Waals surface area contributed by atoms with Gasteiger partial charge in [0, 0.05) is 30.4 Å². The fourth-order valence-corrected chi connectivity index (χ4v) is 3.32. The maximum absolute atomic E-state index is 13.0. The molecule has 25 heavy (non-hydrogen) atoms. The molecule has 2 aromatic rings. The lowest BCUT2D eigenvalue weighted by Crippen LogP contribution is -2.44. The number of carbonyl (C=O) groups excluding carboxylic acids is 1. The molecule has 1 saturated carbocycles. The van der Waals surface area contributed by atoms with Crippen LogP contribution in [0.3, 0.4) is 0 Å². The molecule has 1 fully saturated rings. The van der Waals surface area contributed by atoms with Gasteiger partial charge in [0.05, 0.1) is 10.5 Å². The molecule has 2 aromatic carbocycles. The molecule has 1 atom stereocenters. The number of rotatable bonds is 4. The van der Waals surface area contributed by atoms with Crippen LogP contribution in [0.25, 0.3) is 0 Å². The predicted octanol–water partition coefficient (Wildman–Crippen LogP) is 3.37. The molecule has 1 aliphatic heterocycles. The monoisotopic (exact) mass is 338 g/mol. The maximum Gasteiger partial charge on any atom is 0.292 e. The number of hydrogen-bond donors (Lipinski definition) is 2.